The van der Waals surface area contributed by atoms with Crippen molar-refractivity contribution < 1.29 is 33.0 Å². The van der Waals surface area contributed by atoms with Crippen LogP contribution in [0.3, 0.4) is 0 Å². The fourth-order valence-electron chi connectivity index (χ4n) is 3.78. The minimum Gasteiger partial charge on any atom is -0.507 e. The van der Waals surface area contributed by atoms with Crippen molar-refractivity contribution in [1.82, 2.24) is 0 Å². The molecule has 0 saturated heterocycles. The molecule has 1 amide bonds. The number of benzene rings is 2. The van der Waals surface area contributed by atoms with Gasteiger partial charge in [0, 0.05) is 11.8 Å². The molecule has 0 bridgehead atoms. The number of rotatable bonds is 8. The van der Waals surface area contributed by atoms with Crippen LogP contribution in [-0.2, 0) is 19.4 Å². The summed E-state index contributed by atoms with van der Waals surface area (Å²) in [6.45, 7) is 1.67. The molecule has 1 saturated carbocycles. The zero-order valence-electron chi connectivity index (χ0n) is 17.4. The van der Waals surface area contributed by atoms with E-state index in [9.17, 15) is 23.1 Å². The number of hydrogen-bond donors (Lipinski definition) is 3. The summed E-state index contributed by atoms with van der Waals surface area (Å²) in [5, 5.41) is 21.4. The van der Waals surface area contributed by atoms with Crippen molar-refractivity contribution in [2.75, 3.05) is 11.1 Å². The number of phenolic OH excluding ortho intramolecular Hbond substituents is 1. The molecule has 0 aromatic heterocycles. The molecule has 3 rings (SSSR count). The lowest BCUT2D eigenvalue weighted by molar-refractivity contribution is -0.139. The summed E-state index contributed by atoms with van der Waals surface area (Å²) in [6.07, 6.45) is 3.07. The summed E-state index contributed by atoms with van der Waals surface area (Å²) < 4.78 is 31.5. The van der Waals surface area contributed by atoms with Crippen LogP contribution in [0.5, 0.6) is 17.2 Å². The topological polar surface area (TPSA) is 130 Å². The van der Waals surface area contributed by atoms with Crippen LogP contribution in [0.2, 0.25) is 5.02 Å². The third-order valence-electron chi connectivity index (χ3n) is 5.24. The number of nitrogens with one attached hydrogen (secondary N) is 1. The van der Waals surface area contributed by atoms with Crippen molar-refractivity contribution in [2.24, 2.45) is 5.92 Å². The number of amides is 1. The van der Waals surface area contributed by atoms with E-state index >= 15 is 0 Å². The Morgan fingerprint density at radius 1 is 1.19 bits per heavy atom. The molecule has 0 heterocycles. The summed E-state index contributed by atoms with van der Waals surface area (Å²) in [4.78, 5) is 22.1. The fraction of sp³-hybridized carbons (Fsp3) is 0.364. The number of carbonyl (C=O) groups is 2. The molecule has 3 N–H and O–H groups in total. The Kier molecular flexibility index (Phi) is 7.30. The predicted octanol–water partition coefficient (Wildman–Crippen LogP) is 4.52. The number of hydrogen-bond acceptors (Lipinski definition) is 6. The summed E-state index contributed by atoms with van der Waals surface area (Å²) in [6, 6.07) is 6.93. The van der Waals surface area contributed by atoms with E-state index in [0.29, 0.717) is 11.3 Å². The highest BCUT2D eigenvalue weighted by Crippen LogP contribution is 2.38. The molecule has 1 aliphatic rings. The van der Waals surface area contributed by atoms with Crippen LogP contribution in [0, 0.1) is 12.8 Å². The van der Waals surface area contributed by atoms with Gasteiger partial charge in [-0.15, -0.1) is 0 Å². The van der Waals surface area contributed by atoms with E-state index in [0.717, 1.165) is 25.7 Å². The number of sulfone groups is 1. The van der Waals surface area contributed by atoms with Crippen LogP contribution in [0.15, 0.2) is 35.2 Å². The quantitative estimate of drug-likeness (QED) is 0.472. The molecule has 0 radical (unpaired) electrons. The van der Waals surface area contributed by atoms with Crippen molar-refractivity contribution in [1.29, 1.82) is 0 Å². The highest BCUT2D eigenvalue weighted by atomic mass is 35.5. The average Bonchev–Trinajstić information content (AvgIpc) is 3.17. The molecule has 1 aliphatic carbocycles. The van der Waals surface area contributed by atoms with Gasteiger partial charge in [-0.25, -0.2) is 8.42 Å². The minimum absolute atomic E-state index is 0.0193. The highest BCUT2D eigenvalue weighted by Gasteiger charge is 2.27. The number of carboxylic acids is 1. The number of anilines is 1. The molecular formula is C22H24ClNO7S. The largest absolute Gasteiger partial charge is 0.507 e. The van der Waals surface area contributed by atoms with E-state index in [2.05, 4.69) is 5.32 Å². The van der Waals surface area contributed by atoms with Gasteiger partial charge >= 0.3 is 5.97 Å². The van der Waals surface area contributed by atoms with Gasteiger partial charge < -0.3 is 20.3 Å². The average molecular weight is 482 g/mol. The van der Waals surface area contributed by atoms with Gasteiger partial charge in [-0.2, -0.15) is 0 Å². The van der Waals surface area contributed by atoms with Gasteiger partial charge in [0.25, 0.3) is 0 Å². The van der Waals surface area contributed by atoms with Crippen LogP contribution in [0.4, 0.5) is 5.69 Å². The molecule has 0 atom stereocenters. The molecule has 0 spiro atoms. The molecule has 0 unspecified atom stereocenters. The van der Waals surface area contributed by atoms with Gasteiger partial charge in [-0.05, 0) is 55.5 Å². The second-order valence-electron chi connectivity index (χ2n) is 7.89. The Balaban J connectivity index is 1.82. The monoisotopic (exact) mass is 481 g/mol. The van der Waals surface area contributed by atoms with E-state index in [4.69, 9.17) is 21.4 Å². The van der Waals surface area contributed by atoms with Gasteiger partial charge in [-0.3, -0.25) is 9.59 Å². The molecule has 172 valence electrons. The third-order valence-corrected chi connectivity index (χ3v) is 7.43. The molecule has 8 nitrogen and oxygen atoms in total. The minimum atomic E-state index is -3.70. The molecule has 2 aromatic rings. The first-order valence-electron chi connectivity index (χ1n) is 10.1. The van der Waals surface area contributed by atoms with E-state index in [1.54, 1.807) is 13.0 Å². The maximum atomic E-state index is 12.8. The Bertz CT molecular complexity index is 1120. The SMILES string of the molecule is Cc1cc(NC(=O)CC(=O)O)cc(Cl)c1Oc1ccc(O)c(S(=O)(=O)CC2CCCC2)c1. The number of carboxylic acid groups (broad SMARTS) is 1. The van der Waals surface area contributed by atoms with Crippen LogP contribution in [0.1, 0.15) is 37.7 Å². The molecule has 10 heteroatoms. The number of ether oxygens (including phenoxy) is 1. The maximum Gasteiger partial charge on any atom is 0.312 e. The van der Waals surface area contributed by atoms with E-state index < -0.39 is 28.1 Å². The van der Waals surface area contributed by atoms with E-state index in [1.165, 1.54) is 24.3 Å². The lowest BCUT2D eigenvalue weighted by Gasteiger charge is -2.15. The van der Waals surface area contributed by atoms with Crippen LogP contribution < -0.4 is 10.1 Å². The fourth-order valence-corrected chi connectivity index (χ4v) is 5.90. The Labute approximate surface area is 191 Å². The molecular weight excluding hydrogens is 458 g/mol. The number of aromatic hydroxyl groups is 1. The Morgan fingerprint density at radius 3 is 2.50 bits per heavy atom. The zero-order chi connectivity index (χ0) is 23.5. The van der Waals surface area contributed by atoms with E-state index in [-0.39, 0.29) is 38.8 Å². The zero-order valence-corrected chi connectivity index (χ0v) is 19.0. The third kappa shape index (κ3) is 5.92. The number of halogens is 1. The summed E-state index contributed by atoms with van der Waals surface area (Å²) in [7, 11) is -3.70. The van der Waals surface area contributed by atoms with Gasteiger partial charge in [0.1, 0.15) is 28.6 Å². The van der Waals surface area contributed by atoms with Crippen molar-refractivity contribution in [3.05, 3.63) is 40.9 Å². The van der Waals surface area contributed by atoms with Crippen molar-refractivity contribution in [2.45, 2.75) is 43.9 Å². The summed E-state index contributed by atoms with van der Waals surface area (Å²) >= 11 is 6.29. The van der Waals surface area contributed by atoms with E-state index in [1.807, 2.05) is 0 Å². The lowest BCUT2D eigenvalue weighted by atomic mass is 10.1. The van der Waals surface area contributed by atoms with Crippen molar-refractivity contribution in [3.63, 3.8) is 0 Å². The Hall–Kier alpha value is -2.78. The predicted molar refractivity (Wildman–Crippen MR) is 119 cm³/mol. The van der Waals surface area contributed by atoms with Gasteiger partial charge in [-0.1, -0.05) is 24.4 Å². The number of phenols is 1. The van der Waals surface area contributed by atoms with Crippen molar-refractivity contribution >= 4 is 39.0 Å². The van der Waals surface area contributed by atoms with Crippen molar-refractivity contribution in [3.8, 4) is 17.2 Å². The van der Waals surface area contributed by atoms with Crippen LogP contribution in [0.25, 0.3) is 0 Å². The number of carbonyl (C=O) groups excluding carboxylic acids is 1. The first kappa shape index (κ1) is 23.9. The Morgan fingerprint density at radius 2 is 1.88 bits per heavy atom. The smallest absolute Gasteiger partial charge is 0.312 e. The maximum absolute atomic E-state index is 12.8. The second kappa shape index (κ2) is 9.79. The second-order valence-corrected chi connectivity index (χ2v) is 10.3. The summed E-state index contributed by atoms with van der Waals surface area (Å²) in [5.41, 5.74) is 0.836. The first-order valence-corrected chi connectivity index (χ1v) is 12.1. The molecule has 0 aliphatic heterocycles. The molecule has 32 heavy (non-hydrogen) atoms. The highest BCUT2D eigenvalue weighted by molar-refractivity contribution is 7.91. The lowest BCUT2D eigenvalue weighted by Crippen LogP contribution is -2.16. The van der Waals surface area contributed by atoms with Crippen LogP contribution in [-0.4, -0.2) is 36.3 Å². The number of aliphatic carboxylic acids is 1. The molecule has 2 aromatic carbocycles. The van der Waals surface area contributed by atoms with Gasteiger partial charge in [0.2, 0.25) is 5.91 Å². The summed E-state index contributed by atoms with van der Waals surface area (Å²) in [5.74, 6) is -1.80. The van der Waals surface area contributed by atoms with Crippen LogP contribution >= 0.6 is 11.6 Å². The molecule has 1 fully saturated rings. The number of aryl methyl sites for hydroxylation is 1. The first-order chi connectivity index (χ1) is 15.0. The van der Waals surface area contributed by atoms with Gasteiger partial charge in [0.05, 0.1) is 10.8 Å². The standard InChI is InChI=1S/C22H24ClNO7S/c1-13-8-15(24-20(26)11-21(27)28)9-17(23)22(13)31-16-6-7-18(25)19(10-16)32(29,30)12-14-4-2-3-5-14/h6-10,14,25H,2-5,11-12H2,1H3,(H,24,26)(H,27,28). The normalized spacial score (nSPS) is 14.3. The van der Waals surface area contributed by atoms with Gasteiger partial charge in [0.15, 0.2) is 9.84 Å².